The van der Waals surface area contributed by atoms with Gasteiger partial charge in [-0.3, -0.25) is 19.3 Å². The minimum Gasteiger partial charge on any atom is -0.348 e. The van der Waals surface area contributed by atoms with E-state index in [1.807, 2.05) is 0 Å². The molecule has 1 atom stereocenters. The molecule has 0 aromatic heterocycles. The monoisotopic (exact) mass is 351 g/mol. The van der Waals surface area contributed by atoms with Crippen molar-refractivity contribution in [3.8, 4) is 0 Å². The number of amides is 5. The molecular weight excluding hydrogens is 334 g/mol. The van der Waals surface area contributed by atoms with Crippen LogP contribution in [0.5, 0.6) is 0 Å². The van der Waals surface area contributed by atoms with Crippen LogP contribution in [-0.2, 0) is 14.4 Å². The SMILES string of the molecule is CCCN1C(=O)C(=O)N(CC(=O)N[C@@H](C)c2ccccc2Cl)C1=O. The Morgan fingerprint density at radius 3 is 2.42 bits per heavy atom. The lowest BCUT2D eigenvalue weighted by molar-refractivity contribution is -0.144. The number of nitrogens with one attached hydrogen (secondary N) is 1. The van der Waals surface area contributed by atoms with Crippen LogP contribution in [0.2, 0.25) is 5.02 Å². The van der Waals surface area contributed by atoms with Crippen molar-refractivity contribution in [2.45, 2.75) is 26.3 Å². The zero-order chi connectivity index (χ0) is 17.9. The van der Waals surface area contributed by atoms with E-state index in [-0.39, 0.29) is 6.54 Å². The van der Waals surface area contributed by atoms with Gasteiger partial charge in [-0.2, -0.15) is 0 Å². The fourth-order valence-electron chi connectivity index (χ4n) is 2.45. The second kappa shape index (κ2) is 7.44. The van der Waals surface area contributed by atoms with E-state index in [0.717, 1.165) is 10.5 Å². The molecular formula is C16H18ClN3O4. The zero-order valence-electron chi connectivity index (χ0n) is 13.4. The number of imide groups is 2. The van der Waals surface area contributed by atoms with Crippen LogP contribution in [0.15, 0.2) is 24.3 Å². The molecule has 5 amide bonds. The van der Waals surface area contributed by atoms with Crippen LogP contribution < -0.4 is 5.32 Å². The molecule has 0 unspecified atom stereocenters. The summed E-state index contributed by atoms with van der Waals surface area (Å²) in [7, 11) is 0. The summed E-state index contributed by atoms with van der Waals surface area (Å²) >= 11 is 6.07. The number of hydrogen-bond acceptors (Lipinski definition) is 4. The van der Waals surface area contributed by atoms with E-state index in [4.69, 9.17) is 11.6 Å². The first-order valence-corrected chi connectivity index (χ1v) is 7.95. The highest BCUT2D eigenvalue weighted by Crippen LogP contribution is 2.22. The van der Waals surface area contributed by atoms with Gasteiger partial charge in [0, 0.05) is 11.6 Å². The quantitative estimate of drug-likeness (QED) is 0.624. The molecule has 0 bridgehead atoms. The second-order valence-electron chi connectivity index (χ2n) is 5.44. The number of urea groups is 1. The molecule has 1 aliphatic heterocycles. The van der Waals surface area contributed by atoms with E-state index in [9.17, 15) is 19.2 Å². The lowest BCUT2D eigenvalue weighted by atomic mass is 10.1. The third-order valence-corrected chi connectivity index (χ3v) is 3.98. The third-order valence-electron chi connectivity index (χ3n) is 3.63. The molecule has 0 spiro atoms. The van der Waals surface area contributed by atoms with Crippen LogP contribution in [0.3, 0.4) is 0 Å². The maximum Gasteiger partial charge on any atom is 0.334 e. The minimum atomic E-state index is -0.978. The largest absolute Gasteiger partial charge is 0.348 e. The molecule has 1 saturated heterocycles. The van der Waals surface area contributed by atoms with Gasteiger partial charge >= 0.3 is 17.8 Å². The summed E-state index contributed by atoms with van der Waals surface area (Å²) in [6.45, 7) is 3.17. The Bertz CT molecular complexity index is 692. The van der Waals surface area contributed by atoms with Gasteiger partial charge in [0.25, 0.3) is 0 Å². The van der Waals surface area contributed by atoms with Crippen LogP contribution in [0.25, 0.3) is 0 Å². The van der Waals surface area contributed by atoms with Crippen molar-refractivity contribution in [3.05, 3.63) is 34.9 Å². The Labute approximate surface area is 144 Å². The molecule has 1 N–H and O–H groups in total. The van der Waals surface area contributed by atoms with Crippen LogP contribution in [0.4, 0.5) is 4.79 Å². The minimum absolute atomic E-state index is 0.150. The number of benzene rings is 1. The summed E-state index contributed by atoms with van der Waals surface area (Å²) in [5.41, 5.74) is 0.718. The molecule has 24 heavy (non-hydrogen) atoms. The fraction of sp³-hybridized carbons (Fsp3) is 0.375. The van der Waals surface area contributed by atoms with Crippen molar-refractivity contribution in [2.75, 3.05) is 13.1 Å². The topological polar surface area (TPSA) is 86.8 Å². The molecule has 0 aliphatic carbocycles. The molecule has 1 heterocycles. The number of hydrogen-bond donors (Lipinski definition) is 1. The van der Waals surface area contributed by atoms with Gasteiger partial charge in [0.2, 0.25) is 5.91 Å². The maximum absolute atomic E-state index is 12.1. The van der Waals surface area contributed by atoms with Crippen LogP contribution >= 0.6 is 11.6 Å². The first-order valence-electron chi connectivity index (χ1n) is 7.58. The van der Waals surface area contributed by atoms with Gasteiger partial charge in [-0.25, -0.2) is 9.69 Å². The molecule has 1 aromatic rings. The normalized spacial score (nSPS) is 15.9. The van der Waals surface area contributed by atoms with E-state index in [0.29, 0.717) is 16.3 Å². The highest BCUT2D eigenvalue weighted by molar-refractivity contribution is 6.45. The Kier molecular flexibility index (Phi) is 5.56. The molecule has 2 rings (SSSR count). The van der Waals surface area contributed by atoms with E-state index in [2.05, 4.69) is 5.32 Å². The lowest BCUT2D eigenvalue weighted by Gasteiger charge is -2.18. The Morgan fingerprint density at radius 1 is 1.17 bits per heavy atom. The molecule has 7 nitrogen and oxygen atoms in total. The van der Waals surface area contributed by atoms with Crippen molar-refractivity contribution in [2.24, 2.45) is 0 Å². The molecule has 8 heteroatoms. The number of carbonyl (C=O) groups is 4. The van der Waals surface area contributed by atoms with Crippen molar-refractivity contribution in [1.82, 2.24) is 15.1 Å². The van der Waals surface area contributed by atoms with Crippen molar-refractivity contribution in [1.29, 1.82) is 0 Å². The van der Waals surface area contributed by atoms with Crippen LogP contribution in [0.1, 0.15) is 31.9 Å². The highest BCUT2D eigenvalue weighted by Gasteiger charge is 2.44. The van der Waals surface area contributed by atoms with E-state index < -0.39 is 36.3 Å². The summed E-state index contributed by atoms with van der Waals surface area (Å²) < 4.78 is 0. The third kappa shape index (κ3) is 3.56. The predicted octanol–water partition coefficient (Wildman–Crippen LogP) is 1.72. The maximum atomic E-state index is 12.1. The highest BCUT2D eigenvalue weighted by atomic mass is 35.5. The number of nitrogens with zero attached hydrogens (tertiary/aromatic N) is 2. The van der Waals surface area contributed by atoms with E-state index in [1.165, 1.54) is 0 Å². The lowest BCUT2D eigenvalue weighted by Crippen LogP contribution is -2.42. The summed E-state index contributed by atoms with van der Waals surface area (Å²) in [4.78, 5) is 49.3. The average Bonchev–Trinajstić information content (AvgIpc) is 2.73. The first kappa shape index (κ1) is 17.9. The van der Waals surface area contributed by atoms with Crippen LogP contribution in [0, 0.1) is 0 Å². The Hall–Kier alpha value is -2.41. The van der Waals surface area contributed by atoms with Gasteiger partial charge in [0.1, 0.15) is 6.54 Å². The summed E-state index contributed by atoms with van der Waals surface area (Å²) in [6, 6.07) is 5.88. The van der Waals surface area contributed by atoms with E-state index >= 15 is 0 Å². The standard InChI is InChI=1S/C16H18ClN3O4/c1-3-8-19-14(22)15(23)20(16(19)24)9-13(21)18-10(2)11-6-4-5-7-12(11)17/h4-7,10H,3,8-9H2,1-2H3,(H,18,21)/t10-/m0/s1. The zero-order valence-corrected chi connectivity index (χ0v) is 14.2. The summed E-state index contributed by atoms with van der Waals surface area (Å²) in [6.07, 6.45) is 0.536. The molecule has 1 fully saturated rings. The first-order chi connectivity index (χ1) is 11.4. The van der Waals surface area contributed by atoms with Crippen molar-refractivity contribution < 1.29 is 19.2 Å². The van der Waals surface area contributed by atoms with E-state index in [1.54, 1.807) is 38.1 Å². The van der Waals surface area contributed by atoms with Crippen molar-refractivity contribution in [3.63, 3.8) is 0 Å². The summed E-state index contributed by atoms with van der Waals surface area (Å²) in [5.74, 6) is -2.42. The molecule has 1 aromatic carbocycles. The van der Waals surface area contributed by atoms with Gasteiger partial charge in [-0.1, -0.05) is 36.7 Å². The fourth-order valence-corrected chi connectivity index (χ4v) is 2.74. The van der Waals surface area contributed by atoms with Gasteiger partial charge < -0.3 is 5.32 Å². The Morgan fingerprint density at radius 2 is 1.79 bits per heavy atom. The average molecular weight is 352 g/mol. The smallest absolute Gasteiger partial charge is 0.334 e. The number of rotatable bonds is 6. The van der Waals surface area contributed by atoms with Gasteiger partial charge in [-0.05, 0) is 25.0 Å². The van der Waals surface area contributed by atoms with Crippen molar-refractivity contribution >= 4 is 35.4 Å². The number of carbonyl (C=O) groups excluding carboxylic acids is 4. The summed E-state index contributed by atoms with van der Waals surface area (Å²) in [5, 5.41) is 3.17. The van der Waals surface area contributed by atoms with Gasteiger partial charge in [-0.15, -0.1) is 0 Å². The Balaban J connectivity index is 2.02. The second-order valence-corrected chi connectivity index (χ2v) is 5.85. The molecule has 1 aliphatic rings. The molecule has 0 saturated carbocycles. The number of halogens is 1. The molecule has 128 valence electrons. The molecule has 0 radical (unpaired) electrons. The van der Waals surface area contributed by atoms with Gasteiger partial charge in [0.05, 0.1) is 6.04 Å². The predicted molar refractivity (Wildman–Crippen MR) is 87.1 cm³/mol. The van der Waals surface area contributed by atoms with Crippen LogP contribution in [-0.4, -0.2) is 46.6 Å². The van der Waals surface area contributed by atoms with Gasteiger partial charge in [0.15, 0.2) is 0 Å².